The van der Waals surface area contributed by atoms with Gasteiger partial charge in [0.1, 0.15) is 24.6 Å². The van der Waals surface area contributed by atoms with Crippen molar-refractivity contribution < 1.29 is 23.8 Å². The third kappa shape index (κ3) is 4.61. The minimum absolute atomic E-state index is 0.00637. The second-order valence-electron chi connectivity index (χ2n) is 10.9. The van der Waals surface area contributed by atoms with E-state index in [9.17, 15) is 19.1 Å². The Bertz CT molecular complexity index is 1220. The average Bonchev–Trinajstić information content (AvgIpc) is 3.40. The van der Waals surface area contributed by atoms with E-state index in [1.54, 1.807) is 10.7 Å². The number of alkyl halides is 1. The molecule has 2 saturated heterocycles. The highest BCUT2D eigenvalue weighted by Crippen LogP contribution is 2.57. The smallest absolute Gasteiger partial charge is 0.274 e. The van der Waals surface area contributed by atoms with Gasteiger partial charge in [0.2, 0.25) is 5.91 Å². The number of likely N-dealkylation sites (tertiary alicyclic amines) is 2. The van der Waals surface area contributed by atoms with E-state index in [1.807, 2.05) is 30.0 Å². The molecular formula is C27H32ClFN4O4. The zero-order valence-corrected chi connectivity index (χ0v) is 21.6. The summed E-state index contributed by atoms with van der Waals surface area (Å²) in [6.45, 7) is 2.86. The molecular weight excluding hydrogens is 499 g/mol. The Labute approximate surface area is 220 Å². The molecule has 3 heterocycles. The SMILES string of the molecule is C[C@@H]1C[C@H](Oc2ccccc2Cl)CCN1C(=O)Cn1nc(C(=O)N2CC[C@@H](O)[C@@H](F)C2)c2c1C[C@H]1C[C@@H]21. The van der Waals surface area contributed by atoms with Crippen molar-refractivity contribution in [3.05, 3.63) is 46.2 Å². The predicted molar refractivity (Wildman–Crippen MR) is 134 cm³/mol. The number of fused-ring (bicyclic) bond motifs is 3. The van der Waals surface area contributed by atoms with Crippen molar-refractivity contribution in [1.82, 2.24) is 19.6 Å². The number of piperidine rings is 2. The number of halogens is 2. The monoisotopic (exact) mass is 530 g/mol. The van der Waals surface area contributed by atoms with E-state index < -0.39 is 12.3 Å². The third-order valence-corrected chi connectivity index (χ3v) is 8.72. The minimum atomic E-state index is -1.45. The van der Waals surface area contributed by atoms with E-state index in [2.05, 4.69) is 5.10 Å². The van der Waals surface area contributed by atoms with Gasteiger partial charge in [0, 0.05) is 43.2 Å². The number of hydrogen-bond donors (Lipinski definition) is 1. The van der Waals surface area contributed by atoms with Gasteiger partial charge in [-0.15, -0.1) is 0 Å². The van der Waals surface area contributed by atoms with Crippen LogP contribution >= 0.6 is 11.6 Å². The maximum atomic E-state index is 14.1. The molecule has 2 aliphatic carbocycles. The Morgan fingerprint density at radius 1 is 1.22 bits per heavy atom. The first-order valence-corrected chi connectivity index (χ1v) is 13.6. The van der Waals surface area contributed by atoms with E-state index in [0.717, 1.165) is 24.1 Å². The molecule has 1 aromatic heterocycles. The highest BCUT2D eigenvalue weighted by Gasteiger charge is 2.51. The molecule has 4 aliphatic rings. The Balaban J connectivity index is 1.14. The Morgan fingerprint density at radius 2 is 2.03 bits per heavy atom. The van der Waals surface area contributed by atoms with Crippen LogP contribution < -0.4 is 4.74 Å². The molecule has 6 atom stereocenters. The third-order valence-electron chi connectivity index (χ3n) is 8.41. The zero-order valence-electron chi connectivity index (χ0n) is 20.9. The summed E-state index contributed by atoms with van der Waals surface area (Å²) in [5.74, 6) is 1.15. The highest BCUT2D eigenvalue weighted by molar-refractivity contribution is 6.32. The topological polar surface area (TPSA) is 87.9 Å². The molecule has 0 unspecified atom stereocenters. The van der Waals surface area contributed by atoms with E-state index >= 15 is 0 Å². The van der Waals surface area contributed by atoms with Crippen LogP contribution in [-0.4, -0.2) is 80.6 Å². The van der Waals surface area contributed by atoms with Gasteiger partial charge in [-0.2, -0.15) is 5.10 Å². The summed E-state index contributed by atoms with van der Waals surface area (Å²) >= 11 is 6.24. The molecule has 37 heavy (non-hydrogen) atoms. The summed E-state index contributed by atoms with van der Waals surface area (Å²) in [6, 6.07) is 7.40. The fourth-order valence-corrected chi connectivity index (χ4v) is 6.43. The quantitative estimate of drug-likeness (QED) is 0.641. The molecule has 1 N–H and O–H groups in total. The lowest BCUT2D eigenvalue weighted by Gasteiger charge is -2.37. The van der Waals surface area contributed by atoms with Crippen LogP contribution in [0, 0.1) is 5.92 Å². The summed E-state index contributed by atoms with van der Waals surface area (Å²) in [4.78, 5) is 30.0. The van der Waals surface area contributed by atoms with Gasteiger partial charge in [0.25, 0.3) is 5.91 Å². The molecule has 0 spiro atoms. The van der Waals surface area contributed by atoms with Crippen molar-refractivity contribution in [3.8, 4) is 5.75 Å². The lowest BCUT2D eigenvalue weighted by Crippen LogP contribution is -2.48. The fraction of sp³-hybridized carbons (Fsp3) is 0.593. The fourth-order valence-electron chi connectivity index (χ4n) is 6.25. The summed E-state index contributed by atoms with van der Waals surface area (Å²) < 4.78 is 21.9. The van der Waals surface area contributed by atoms with Crippen molar-refractivity contribution in [1.29, 1.82) is 0 Å². The number of ether oxygens (including phenoxy) is 1. The number of benzene rings is 1. The van der Waals surface area contributed by atoms with Crippen LogP contribution in [0.3, 0.4) is 0 Å². The molecule has 1 saturated carbocycles. The van der Waals surface area contributed by atoms with Gasteiger partial charge in [-0.05, 0) is 50.2 Å². The summed E-state index contributed by atoms with van der Waals surface area (Å²) in [7, 11) is 0. The lowest BCUT2D eigenvalue weighted by molar-refractivity contribution is -0.136. The van der Waals surface area contributed by atoms with Gasteiger partial charge in [0.15, 0.2) is 5.69 Å². The lowest BCUT2D eigenvalue weighted by atomic mass is 10.0. The molecule has 0 bridgehead atoms. The van der Waals surface area contributed by atoms with Crippen LogP contribution in [0.2, 0.25) is 5.02 Å². The number of aliphatic hydroxyl groups excluding tert-OH is 1. The number of hydrogen-bond acceptors (Lipinski definition) is 5. The largest absolute Gasteiger partial charge is 0.489 e. The van der Waals surface area contributed by atoms with Crippen molar-refractivity contribution >= 4 is 23.4 Å². The number of rotatable bonds is 5. The van der Waals surface area contributed by atoms with Crippen LogP contribution in [0.1, 0.15) is 60.3 Å². The molecule has 3 fully saturated rings. The average molecular weight is 531 g/mol. The molecule has 2 amide bonds. The Hall–Kier alpha value is -2.65. The van der Waals surface area contributed by atoms with Crippen LogP contribution in [0.5, 0.6) is 5.75 Å². The molecule has 1 aromatic carbocycles. The number of carbonyl (C=O) groups excluding carboxylic acids is 2. The second-order valence-corrected chi connectivity index (χ2v) is 11.3. The van der Waals surface area contributed by atoms with Crippen LogP contribution in [0.4, 0.5) is 4.39 Å². The summed E-state index contributed by atoms with van der Waals surface area (Å²) in [5, 5.41) is 14.9. The first-order valence-electron chi connectivity index (χ1n) is 13.2. The normalized spacial score (nSPS) is 30.6. The van der Waals surface area contributed by atoms with Gasteiger partial charge in [0.05, 0.1) is 17.7 Å². The van der Waals surface area contributed by atoms with Gasteiger partial charge in [-0.3, -0.25) is 14.3 Å². The maximum absolute atomic E-state index is 14.1. The molecule has 198 valence electrons. The van der Waals surface area contributed by atoms with Crippen molar-refractivity contribution in [2.75, 3.05) is 19.6 Å². The van der Waals surface area contributed by atoms with E-state index in [-0.39, 0.29) is 43.5 Å². The molecule has 0 radical (unpaired) electrons. The van der Waals surface area contributed by atoms with E-state index in [0.29, 0.717) is 54.2 Å². The standard InChI is InChI=1S/C27H32ClFN4O4/c1-15-10-17(37-23-5-3-2-4-19(23)28)6-9-32(15)24(35)14-33-21-12-16-11-18(16)25(21)26(30-33)27(36)31-8-7-22(34)20(29)13-31/h2-5,15-18,20,22,34H,6-14H2,1H3/t15-,16-,17-,18-,20+,22-/m1/s1. The highest BCUT2D eigenvalue weighted by atomic mass is 35.5. The summed E-state index contributed by atoms with van der Waals surface area (Å²) in [5.41, 5.74) is 2.27. The molecule has 6 rings (SSSR count). The number of carbonyl (C=O) groups is 2. The number of nitrogens with zero attached hydrogens (tertiary/aromatic N) is 4. The van der Waals surface area contributed by atoms with Crippen molar-refractivity contribution in [2.45, 2.75) is 75.9 Å². The Morgan fingerprint density at radius 3 is 2.78 bits per heavy atom. The van der Waals surface area contributed by atoms with Gasteiger partial charge < -0.3 is 19.6 Å². The van der Waals surface area contributed by atoms with Crippen molar-refractivity contribution in [2.24, 2.45) is 5.92 Å². The number of amides is 2. The van der Waals surface area contributed by atoms with Crippen LogP contribution in [0.25, 0.3) is 0 Å². The van der Waals surface area contributed by atoms with Crippen LogP contribution in [0.15, 0.2) is 24.3 Å². The predicted octanol–water partition coefficient (Wildman–Crippen LogP) is 3.20. The number of aromatic nitrogens is 2. The number of aliphatic hydroxyl groups is 1. The summed E-state index contributed by atoms with van der Waals surface area (Å²) in [6.07, 6.45) is 0.980. The molecule has 2 aromatic rings. The molecule has 2 aliphatic heterocycles. The Kier molecular flexibility index (Phi) is 6.39. The van der Waals surface area contributed by atoms with Crippen molar-refractivity contribution in [3.63, 3.8) is 0 Å². The number of para-hydroxylation sites is 1. The first kappa shape index (κ1) is 24.7. The van der Waals surface area contributed by atoms with Gasteiger partial charge >= 0.3 is 0 Å². The van der Waals surface area contributed by atoms with Crippen LogP contribution in [-0.2, 0) is 17.8 Å². The zero-order chi connectivity index (χ0) is 25.8. The minimum Gasteiger partial charge on any atom is -0.489 e. The second kappa shape index (κ2) is 9.58. The molecule has 8 nitrogen and oxygen atoms in total. The molecule has 10 heteroatoms. The van der Waals surface area contributed by atoms with Gasteiger partial charge in [-0.25, -0.2) is 4.39 Å². The first-order chi connectivity index (χ1) is 17.8. The van der Waals surface area contributed by atoms with E-state index in [1.165, 1.54) is 4.90 Å². The van der Waals surface area contributed by atoms with Gasteiger partial charge in [-0.1, -0.05) is 23.7 Å². The van der Waals surface area contributed by atoms with E-state index in [4.69, 9.17) is 16.3 Å². The maximum Gasteiger partial charge on any atom is 0.274 e.